The monoisotopic (exact) mass is 327 g/mol. The Labute approximate surface area is 119 Å². The molecule has 1 aromatic carbocycles. The molecule has 1 amide bonds. The number of nitrogens with one attached hydrogen (secondary N) is 1. The standard InChI is InChI=1S/C13H14BrNO4/c1-3-19-12(18)13(14,15-9(2)16)11(17)10-7-5-4-6-8-10/h4-8H,3H2,1-2H3,(H,15,16). The van der Waals surface area contributed by atoms with Gasteiger partial charge in [0.2, 0.25) is 11.7 Å². The molecule has 102 valence electrons. The number of rotatable bonds is 5. The number of carbonyl (C=O) groups is 3. The van der Waals surface area contributed by atoms with Crippen LogP contribution in [0.25, 0.3) is 0 Å². The zero-order valence-electron chi connectivity index (χ0n) is 10.6. The van der Waals surface area contributed by atoms with Gasteiger partial charge >= 0.3 is 5.97 Å². The van der Waals surface area contributed by atoms with Crippen molar-refractivity contribution in [2.75, 3.05) is 6.61 Å². The molecule has 0 aliphatic heterocycles. The van der Waals surface area contributed by atoms with Crippen LogP contribution in [0.5, 0.6) is 0 Å². The summed E-state index contributed by atoms with van der Waals surface area (Å²) in [6.45, 7) is 2.94. The van der Waals surface area contributed by atoms with E-state index in [1.54, 1.807) is 37.3 Å². The summed E-state index contributed by atoms with van der Waals surface area (Å²) in [5, 5.41) is 2.29. The lowest BCUT2D eigenvalue weighted by molar-refractivity contribution is -0.146. The van der Waals surface area contributed by atoms with E-state index in [1.807, 2.05) is 0 Å². The molecule has 0 bridgehead atoms. The van der Waals surface area contributed by atoms with Crippen molar-refractivity contribution in [1.29, 1.82) is 0 Å². The van der Waals surface area contributed by atoms with E-state index in [0.717, 1.165) is 0 Å². The van der Waals surface area contributed by atoms with Crippen molar-refractivity contribution in [1.82, 2.24) is 5.32 Å². The van der Waals surface area contributed by atoms with Crippen molar-refractivity contribution in [3.8, 4) is 0 Å². The maximum absolute atomic E-state index is 12.4. The fraction of sp³-hybridized carbons (Fsp3) is 0.308. The summed E-state index contributed by atoms with van der Waals surface area (Å²) in [7, 11) is 0. The SMILES string of the molecule is CCOC(=O)C(Br)(NC(C)=O)C(=O)c1ccccc1. The Morgan fingerprint density at radius 2 is 1.84 bits per heavy atom. The number of ether oxygens (including phenoxy) is 1. The lowest BCUT2D eigenvalue weighted by atomic mass is 10.0. The summed E-state index contributed by atoms with van der Waals surface area (Å²) in [5.41, 5.74) is 0.293. The number of Topliss-reactive ketones (excluding diaryl/α,β-unsaturated/α-hetero) is 1. The lowest BCUT2D eigenvalue weighted by Crippen LogP contribution is -2.55. The summed E-state index contributed by atoms with van der Waals surface area (Å²) >= 11 is 3.00. The number of esters is 1. The first-order valence-corrected chi connectivity index (χ1v) is 6.45. The zero-order valence-corrected chi connectivity index (χ0v) is 12.2. The van der Waals surface area contributed by atoms with Crippen LogP contribution in [-0.4, -0.2) is 28.7 Å². The summed E-state index contributed by atoms with van der Waals surface area (Å²) < 4.78 is 2.94. The van der Waals surface area contributed by atoms with Gasteiger partial charge in [-0.05, 0) is 22.9 Å². The highest BCUT2D eigenvalue weighted by atomic mass is 79.9. The van der Waals surface area contributed by atoms with E-state index in [0.29, 0.717) is 5.56 Å². The molecule has 1 aromatic rings. The van der Waals surface area contributed by atoms with Crippen LogP contribution in [0.1, 0.15) is 24.2 Å². The second kappa shape index (κ2) is 6.47. The lowest BCUT2D eigenvalue weighted by Gasteiger charge is -2.24. The molecule has 0 saturated carbocycles. The molecular weight excluding hydrogens is 314 g/mol. The minimum atomic E-state index is -1.89. The highest BCUT2D eigenvalue weighted by Gasteiger charge is 2.46. The molecule has 1 N–H and O–H groups in total. The summed E-state index contributed by atoms with van der Waals surface area (Å²) in [6, 6.07) is 8.19. The van der Waals surface area contributed by atoms with Crippen LogP contribution in [0, 0.1) is 0 Å². The smallest absolute Gasteiger partial charge is 0.351 e. The maximum atomic E-state index is 12.4. The largest absolute Gasteiger partial charge is 0.463 e. The number of halogens is 1. The Bertz CT molecular complexity index is 489. The first-order chi connectivity index (χ1) is 8.91. The summed E-state index contributed by atoms with van der Waals surface area (Å²) in [5.74, 6) is -1.95. The minimum absolute atomic E-state index is 0.105. The Morgan fingerprint density at radius 3 is 2.32 bits per heavy atom. The normalized spacial score (nSPS) is 13.2. The predicted octanol–water partition coefficient (Wildman–Crippen LogP) is 1.66. The van der Waals surface area contributed by atoms with Gasteiger partial charge in [-0.25, -0.2) is 4.79 Å². The van der Waals surface area contributed by atoms with Crippen LogP contribution in [-0.2, 0) is 14.3 Å². The van der Waals surface area contributed by atoms with Crippen LogP contribution in [0.4, 0.5) is 0 Å². The van der Waals surface area contributed by atoms with Crippen molar-refractivity contribution in [3.05, 3.63) is 35.9 Å². The minimum Gasteiger partial charge on any atom is -0.463 e. The fourth-order valence-corrected chi connectivity index (χ4v) is 2.08. The summed E-state index contributed by atoms with van der Waals surface area (Å²) in [4.78, 5) is 35.5. The van der Waals surface area contributed by atoms with E-state index in [9.17, 15) is 14.4 Å². The van der Waals surface area contributed by atoms with Gasteiger partial charge in [0, 0.05) is 12.5 Å². The Hall–Kier alpha value is -1.69. The van der Waals surface area contributed by atoms with Gasteiger partial charge in [0.15, 0.2) is 0 Å². The molecule has 0 spiro atoms. The number of hydrogen-bond donors (Lipinski definition) is 1. The fourth-order valence-electron chi connectivity index (χ4n) is 1.46. The molecule has 0 saturated heterocycles. The van der Waals surface area contributed by atoms with Gasteiger partial charge in [-0.3, -0.25) is 9.59 Å². The van der Waals surface area contributed by atoms with Crippen LogP contribution < -0.4 is 5.32 Å². The molecule has 0 aromatic heterocycles. The van der Waals surface area contributed by atoms with Gasteiger partial charge < -0.3 is 10.1 Å². The number of benzene rings is 1. The van der Waals surface area contributed by atoms with Gasteiger partial charge in [0.05, 0.1) is 6.61 Å². The zero-order chi connectivity index (χ0) is 14.5. The Kier molecular flexibility index (Phi) is 5.23. The van der Waals surface area contributed by atoms with Crippen LogP contribution in [0.2, 0.25) is 0 Å². The predicted molar refractivity (Wildman–Crippen MR) is 72.9 cm³/mol. The number of hydrogen-bond acceptors (Lipinski definition) is 4. The maximum Gasteiger partial charge on any atom is 0.351 e. The number of alkyl halides is 1. The molecule has 0 heterocycles. The third kappa shape index (κ3) is 3.64. The average Bonchev–Trinajstić information content (AvgIpc) is 2.38. The van der Waals surface area contributed by atoms with Crippen LogP contribution in [0.15, 0.2) is 30.3 Å². The highest BCUT2D eigenvalue weighted by Crippen LogP contribution is 2.23. The van der Waals surface area contributed by atoms with E-state index in [1.165, 1.54) is 6.92 Å². The van der Waals surface area contributed by atoms with Gasteiger partial charge in [0.1, 0.15) is 0 Å². The van der Waals surface area contributed by atoms with Crippen molar-refractivity contribution < 1.29 is 19.1 Å². The molecule has 6 heteroatoms. The number of carbonyl (C=O) groups excluding carboxylic acids is 3. The molecule has 0 fully saturated rings. The van der Waals surface area contributed by atoms with Crippen molar-refractivity contribution in [3.63, 3.8) is 0 Å². The van der Waals surface area contributed by atoms with Crippen molar-refractivity contribution >= 4 is 33.6 Å². The molecule has 1 rings (SSSR count). The second-order valence-electron chi connectivity index (χ2n) is 3.76. The molecular formula is C13H14BrNO4. The van der Waals surface area contributed by atoms with E-state index in [2.05, 4.69) is 21.2 Å². The van der Waals surface area contributed by atoms with E-state index >= 15 is 0 Å². The summed E-state index contributed by atoms with van der Waals surface area (Å²) in [6.07, 6.45) is 0. The second-order valence-corrected chi connectivity index (χ2v) is 4.94. The third-order valence-electron chi connectivity index (χ3n) is 2.25. The van der Waals surface area contributed by atoms with Gasteiger partial charge in [-0.1, -0.05) is 30.3 Å². The molecule has 0 radical (unpaired) electrons. The van der Waals surface area contributed by atoms with Gasteiger partial charge in [-0.2, -0.15) is 0 Å². The number of amides is 1. The first kappa shape index (κ1) is 15.4. The van der Waals surface area contributed by atoms with E-state index < -0.39 is 22.1 Å². The van der Waals surface area contributed by atoms with Crippen molar-refractivity contribution in [2.45, 2.75) is 18.3 Å². The number of ketones is 1. The molecule has 0 aliphatic rings. The highest BCUT2D eigenvalue weighted by molar-refractivity contribution is 9.10. The van der Waals surface area contributed by atoms with Crippen LogP contribution in [0.3, 0.4) is 0 Å². The quantitative estimate of drug-likeness (QED) is 0.293. The molecule has 5 nitrogen and oxygen atoms in total. The molecule has 19 heavy (non-hydrogen) atoms. The van der Waals surface area contributed by atoms with Gasteiger partial charge in [0.25, 0.3) is 4.45 Å². The van der Waals surface area contributed by atoms with Gasteiger partial charge in [-0.15, -0.1) is 0 Å². The third-order valence-corrected chi connectivity index (χ3v) is 3.14. The Balaban J connectivity index is 3.13. The molecule has 0 aliphatic carbocycles. The topological polar surface area (TPSA) is 72.5 Å². The van der Waals surface area contributed by atoms with E-state index in [4.69, 9.17) is 4.74 Å². The average molecular weight is 328 g/mol. The Morgan fingerprint density at radius 1 is 1.26 bits per heavy atom. The first-order valence-electron chi connectivity index (χ1n) is 5.66. The van der Waals surface area contributed by atoms with Crippen LogP contribution >= 0.6 is 15.9 Å². The van der Waals surface area contributed by atoms with Crippen molar-refractivity contribution in [2.24, 2.45) is 0 Å². The van der Waals surface area contributed by atoms with E-state index in [-0.39, 0.29) is 6.61 Å². The molecule has 1 atom stereocenters. The molecule has 1 unspecified atom stereocenters.